The van der Waals surface area contributed by atoms with E-state index >= 15 is 0 Å². The van der Waals surface area contributed by atoms with Crippen LogP contribution < -0.4 is 0 Å². The van der Waals surface area contributed by atoms with Crippen LogP contribution in [-0.4, -0.2) is 24.4 Å². The van der Waals surface area contributed by atoms with Gasteiger partial charge in [-0.25, -0.2) is 0 Å². The molecule has 19 heavy (non-hydrogen) atoms. The second-order valence-electron chi connectivity index (χ2n) is 7.24. The van der Waals surface area contributed by atoms with Gasteiger partial charge in [0.2, 0.25) is 0 Å². The normalized spacial score (nSPS) is 65.3. The highest BCUT2D eigenvalue weighted by atomic mass is 16.6. The van der Waals surface area contributed by atoms with Crippen LogP contribution in [0.25, 0.3) is 0 Å². The van der Waals surface area contributed by atoms with Crippen LogP contribution in [0.15, 0.2) is 27.5 Å². The SMILES string of the molecule is C1=C[C@@H]2[C@H](C1)[C@H]1N=N[C@H]2[C@@H]2[C@H]3C[C@@H]([C@@H]4C=NO[C@H]43)[C@H]12. The first-order valence-corrected chi connectivity index (χ1v) is 7.69. The number of hydrogen-bond donors (Lipinski definition) is 0. The Morgan fingerprint density at radius 3 is 2.84 bits per heavy atom. The molecule has 0 aromatic carbocycles. The van der Waals surface area contributed by atoms with E-state index in [0.717, 1.165) is 23.7 Å². The van der Waals surface area contributed by atoms with Crippen molar-refractivity contribution < 1.29 is 4.84 Å². The molecule has 3 aliphatic heterocycles. The highest BCUT2D eigenvalue weighted by Gasteiger charge is 2.69. The zero-order valence-electron chi connectivity index (χ0n) is 10.7. The molecule has 3 fully saturated rings. The van der Waals surface area contributed by atoms with Gasteiger partial charge in [0.1, 0.15) is 6.10 Å². The summed E-state index contributed by atoms with van der Waals surface area (Å²) in [6.45, 7) is 0. The Bertz CT molecular complexity index is 542. The van der Waals surface area contributed by atoms with Crippen LogP contribution in [0, 0.1) is 41.4 Å². The van der Waals surface area contributed by atoms with E-state index < -0.39 is 0 Å². The van der Waals surface area contributed by atoms with E-state index in [2.05, 4.69) is 23.5 Å². The molecule has 0 amide bonds. The van der Waals surface area contributed by atoms with Crippen molar-refractivity contribution in [1.82, 2.24) is 0 Å². The highest BCUT2D eigenvalue weighted by molar-refractivity contribution is 5.64. The van der Waals surface area contributed by atoms with Crippen LogP contribution in [0.1, 0.15) is 12.8 Å². The molecule has 4 bridgehead atoms. The fraction of sp³-hybridized carbons (Fsp3) is 0.800. The lowest BCUT2D eigenvalue weighted by atomic mass is 9.56. The second-order valence-corrected chi connectivity index (χ2v) is 7.24. The predicted octanol–water partition coefficient (Wildman–Crippen LogP) is 2.28. The minimum Gasteiger partial charge on any atom is -0.392 e. The molecule has 0 aromatic heterocycles. The number of fused-ring (bicyclic) bond motifs is 5. The summed E-state index contributed by atoms with van der Waals surface area (Å²) in [4.78, 5) is 5.66. The monoisotopic (exact) mass is 255 g/mol. The van der Waals surface area contributed by atoms with Gasteiger partial charge in [0.05, 0.1) is 18.3 Å². The Kier molecular flexibility index (Phi) is 1.50. The number of hydrogen-bond acceptors (Lipinski definition) is 4. The third-order valence-electron chi connectivity index (χ3n) is 6.90. The first kappa shape index (κ1) is 9.67. The van der Waals surface area contributed by atoms with Gasteiger partial charge in [-0.3, -0.25) is 0 Å². The van der Waals surface area contributed by atoms with Crippen molar-refractivity contribution in [3.63, 3.8) is 0 Å². The lowest BCUT2D eigenvalue weighted by Crippen LogP contribution is -2.57. The Morgan fingerprint density at radius 1 is 0.947 bits per heavy atom. The first-order valence-electron chi connectivity index (χ1n) is 7.69. The molecule has 0 unspecified atom stereocenters. The van der Waals surface area contributed by atoms with Gasteiger partial charge in [-0.2, -0.15) is 10.2 Å². The minimum absolute atomic E-state index is 0.365. The van der Waals surface area contributed by atoms with Gasteiger partial charge in [0, 0.05) is 17.8 Å². The van der Waals surface area contributed by atoms with Gasteiger partial charge in [-0.1, -0.05) is 17.3 Å². The maximum absolute atomic E-state index is 5.66. The topological polar surface area (TPSA) is 46.3 Å². The van der Waals surface area contributed by atoms with E-state index in [4.69, 9.17) is 15.1 Å². The van der Waals surface area contributed by atoms with E-state index in [9.17, 15) is 0 Å². The number of nitrogens with zero attached hydrogens (tertiary/aromatic N) is 3. The molecule has 0 N–H and O–H groups in total. The molecule has 0 aromatic rings. The summed E-state index contributed by atoms with van der Waals surface area (Å²) in [7, 11) is 0. The molecule has 3 saturated carbocycles. The van der Waals surface area contributed by atoms with Gasteiger partial charge >= 0.3 is 0 Å². The molecule has 0 radical (unpaired) electrons. The third kappa shape index (κ3) is 0.906. The summed E-state index contributed by atoms with van der Waals surface area (Å²) in [6.07, 6.45) is 9.79. The number of azo groups is 1. The van der Waals surface area contributed by atoms with E-state index in [-0.39, 0.29) is 0 Å². The fourth-order valence-electron chi connectivity index (χ4n) is 6.42. The van der Waals surface area contributed by atoms with Crippen molar-refractivity contribution in [2.75, 3.05) is 0 Å². The van der Waals surface area contributed by atoms with Crippen molar-refractivity contribution in [3.8, 4) is 0 Å². The zero-order valence-corrected chi connectivity index (χ0v) is 10.7. The maximum Gasteiger partial charge on any atom is 0.138 e. The number of oxime groups is 1. The molecule has 3 heterocycles. The smallest absolute Gasteiger partial charge is 0.138 e. The average molecular weight is 255 g/mol. The Labute approximate surface area is 112 Å². The van der Waals surface area contributed by atoms with Gasteiger partial charge in [-0.05, 0) is 36.5 Å². The molecular weight excluding hydrogens is 238 g/mol. The molecule has 10 atom stereocenters. The van der Waals surface area contributed by atoms with Crippen LogP contribution in [0.4, 0.5) is 0 Å². The largest absolute Gasteiger partial charge is 0.392 e. The van der Waals surface area contributed by atoms with E-state index in [1.165, 1.54) is 12.8 Å². The number of rotatable bonds is 0. The summed E-state index contributed by atoms with van der Waals surface area (Å²) in [5.74, 6) is 4.93. The van der Waals surface area contributed by atoms with Crippen LogP contribution in [0.2, 0.25) is 0 Å². The molecule has 0 spiro atoms. The minimum atomic E-state index is 0.365. The highest BCUT2D eigenvalue weighted by Crippen LogP contribution is 2.66. The van der Waals surface area contributed by atoms with Gasteiger partial charge in [-0.15, -0.1) is 0 Å². The van der Waals surface area contributed by atoms with Crippen LogP contribution >= 0.6 is 0 Å². The summed E-state index contributed by atoms with van der Waals surface area (Å²) in [5, 5.41) is 13.5. The molecule has 4 aliphatic carbocycles. The molecule has 0 saturated heterocycles. The van der Waals surface area contributed by atoms with Crippen LogP contribution in [0.5, 0.6) is 0 Å². The Hall–Kier alpha value is -1.19. The summed E-state index contributed by atoms with van der Waals surface area (Å²) < 4.78 is 0. The van der Waals surface area contributed by atoms with Crippen LogP contribution in [-0.2, 0) is 4.84 Å². The Balaban J connectivity index is 1.49. The van der Waals surface area contributed by atoms with Crippen molar-refractivity contribution >= 4 is 6.21 Å². The molecule has 7 rings (SSSR count). The summed E-state index contributed by atoms with van der Waals surface area (Å²) in [5.41, 5.74) is 0. The van der Waals surface area contributed by atoms with Crippen LogP contribution in [0.3, 0.4) is 0 Å². The molecule has 7 aliphatic rings. The Morgan fingerprint density at radius 2 is 1.84 bits per heavy atom. The van der Waals surface area contributed by atoms with E-state index in [0.29, 0.717) is 35.9 Å². The average Bonchev–Trinajstić information content (AvgIpc) is 3.20. The molecule has 4 nitrogen and oxygen atoms in total. The molecule has 98 valence electrons. The van der Waals surface area contributed by atoms with Gasteiger partial charge in [0.15, 0.2) is 0 Å². The predicted molar refractivity (Wildman–Crippen MR) is 68.6 cm³/mol. The summed E-state index contributed by atoms with van der Waals surface area (Å²) >= 11 is 0. The van der Waals surface area contributed by atoms with Crippen molar-refractivity contribution in [3.05, 3.63) is 12.2 Å². The molecule has 4 heteroatoms. The zero-order chi connectivity index (χ0) is 12.1. The number of allylic oxidation sites excluding steroid dienone is 1. The van der Waals surface area contributed by atoms with Crippen molar-refractivity contribution in [2.45, 2.75) is 31.0 Å². The van der Waals surface area contributed by atoms with E-state index in [1.807, 2.05) is 0 Å². The fourth-order valence-corrected chi connectivity index (χ4v) is 6.42. The lowest BCUT2D eigenvalue weighted by Gasteiger charge is -2.52. The standard InChI is InChI=1S/C15H17N3O/c1-2-6-7(3-1)14-12-9-4-8(10-5-16-19-15(9)10)11(12)13(6)17-18-14/h1,3,5-15H,2,4H2/t6-,7+,8-,9+,10-,11-,12+,13+,14+,15-/m0/s1. The second kappa shape index (κ2) is 2.94. The third-order valence-corrected chi connectivity index (χ3v) is 6.90. The quantitative estimate of drug-likeness (QED) is 0.612. The van der Waals surface area contributed by atoms with E-state index in [1.54, 1.807) is 0 Å². The molecular formula is C15H17N3O. The lowest BCUT2D eigenvalue weighted by molar-refractivity contribution is -0.0612. The van der Waals surface area contributed by atoms with Gasteiger partial charge in [0.25, 0.3) is 0 Å². The van der Waals surface area contributed by atoms with Gasteiger partial charge < -0.3 is 4.84 Å². The maximum atomic E-state index is 5.66. The summed E-state index contributed by atoms with van der Waals surface area (Å²) in [6, 6.07) is 0.929. The van der Waals surface area contributed by atoms with Crippen molar-refractivity contribution in [1.29, 1.82) is 0 Å². The van der Waals surface area contributed by atoms with Crippen molar-refractivity contribution in [2.24, 2.45) is 56.8 Å². The first-order chi connectivity index (χ1) is 9.43.